The molecule has 6 nitrogen and oxygen atoms in total. The quantitative estimate of drug-likeness (QED) is 0.606. The third-order valence-corrected chi connectivity index (χ3v) is 2.44. The predicted molar refractivity (Wildman–Crippen MR) is 62.8 cm³/mol. The largest absolute Gasteiger partial charge is 0.480 e. The van der Waals surface area contributed by atoms with Gasteiger partial charge < -0.3 is 15.7 Å². The van der Waals surface area contributed by atoms with Gasteiger partial charge in [-0.05, 0) is 13.3 Å². The molecule has 0 radical (unpaired) electrons. The molecule has 0 saturated heterocycles. The van der Waals surface area contributed by atoms with E-state index in [2.05, 4.69) is 5.32 Å². The second-order valence-electron chi connectivity index (χ2n) is 4.50. The number of carbonyl (C=O) groups excluding carboxylic acids is 2. The fourth-order valence-electron chi connectivity index (χ4n) is 1.48. The molecule has 2 amide bonds. The van der Waals surface area contributed by atoms with Crippen molar-refractivity contribution in [2.75, 3.05) is 6.54 Å². The van der Waals surface area contributed by atoms with Crippen LogP contribution in [0.2, 0.25) is 0 Å². The Hall–Kier alpha value is -1.80. The zero-order valence-corrected chi connectivity index (χ0v) is 11.1. The van der Waals surface area contributed by atoms with Crippen molar-refractivity contribution in [3.05, 3.63) is 0 Å². The fraction of sp³-hybridized carbons (Fsp3) is 0.727. The number of hydrogen-bond donors (Lipinski definition) is 3. The van der Waals surface area contributed by atoms with Crippen LogP contribution >= 0.6 is 0 Å². The summed E-state index contributed by atoms with van der Waals surface area (Å²) in [5.41, 5.74) is -1.55. The van der Waals surface area contributed by atoms with Crippen molar-refractivity contribution in [1.29, 1.82) is 0 Å². The van der Waals surface area contributed by atoms with Crippen molar-refractivity contribution in [2.24, 2.45) is 0 Å². The molecule has 1 atom stereocenters. The molecule has 3 N–H and O–H groups in total. The highest BCUT2D eigenvalue weighted by Gasteiger charge is 2.34. The molecule has 0 saturated carbocycles. The molecule has 0 rings (SSSR count). The molecule has 0 aromatic heterocycles. The number of amides is 2. The van der Waals surface area contributed by atoms with E-state index in [0.29, 0.717) is 6.42 Å². The number of carbonyl (C=O) groups is 3. The van der Waals surface area contributed by atoms with Gasteiger partial charge >= 0.3 is 12.1 Å². The molecule has 0 aliphatic rings. The standard InChI is InChI=1S/C11H17F3N2O4/c1-3-4-10(2,9(19)20)16-8(18)5-7(17)15-6-11(12,13)14/h3-6H2,1-2H3,(H,15,17)(H,16,18)(H,19,20). The lowest BCUT2D eigenvalue weighted by molar-refractivity contribution is -0.148. The number of carboxylic acid groups (broad SMARTS) is 1. The number of nitrogens with one attached hydrogen (secondary N) is 2. The molecule has 0 aromatic carbocycles. The van der Waals surface area contributed by atoms with Gasteiger partial charge in [0.25, 0.3) is 0 Å². The van der Waals surface area contributed by atoms with Gasteiger partial charge in [-0.1, -0.05) is 13.3 Å². The SMILES string of the molecule is CCCC(C)(NC(=O)CC(=O)NCC(F)(F)F)C(=O)O. The van der Waals surface area contributed by atoms with E-state index < -0.39 is 42.5 Å². The molecule has 1 unspecified atom stereocenters. The highest BCUT2D eigenvalue weighted by atomic mass is 19.4. The molecule has 0 aliphatic heterocycles. The van der Waals surface area contributed by atoms with Crippen LogP contribution in [0.4, 0.5) is 13.2 Å². The first-order chi connectivity index (χ1) is 9.00. The summed E-state index contributed by atoms with van der Waals surface area (Å²) in [5.74, 6) is -3.34. The number of carboxylic acids is 1. The van der Waals surface area contributed by atoms with Crippen LogP contribution in [0.1, 0.15) is 33.1 Å². The van der Waals surface area contributed by atoms with E-state index in [1.165, 1.54) is 12.2 Å². The van der Waals surface area contributed by atoms with Crippen molar-refractivity contribution >= 4 is 17.8 Å². The van der Waals surface area contributed by atoms with Crippen LogP contribution in [0, 0.1) is 0 Å². The van der Waals surface area contributed by atoms with Crippen LogP contribution in [0.25, 0.3) is 0 Å². The Morgan fingerprint density at radius 1 is 1.15 bits per heavy atom. The fourth-order valence-corrected chi connectivity index (χ4v) is 1.48. The molecule has 0 spiro atoms. The van der Waals surface area contributed by atoms with Crippen LogP contribution in [0.5, 0.6) is 0 Å². The van der Waals surface area contributed by atoms with Gasteiger partial charge in [-0.15, -0.1) is 0 Å². The first kappa shape index (κ1) is 18.2. The Balaban J connectivity index is 4.40. The van der Waals surface area contributed by atoms with E-state index in [-0.39, 0.29) is 6.42 Å². The normalized spacial score (nSPS) is 14.2. The van der Waals surface area contributed by atoms with E-state index in [0.717, 1.165) is 0 Å². The lowest BCUT2D eigenvalue weighted by Crippen LogP contribution is -2.53. The maximum atomic E-state index is 11.8. The Morgan fingerprint density at radius 3 is 2.10 bits per heavy atom. The third kappa shape index (κ3) is 6.95. The summed E-state index contributed by atoms with van der Waals surface area (Å²) in [6.45, 7) is 1.44. The molecule has 0 bridgehead atoms. The zero-order valence-electron chi connectivity index (χ0n) is 11.1. The summed E-state index contributed by atoms with van der Waals surface area (Å²) in [4.78, 5) is 33.6. The highest BCUT2D eigenvalue weighted by molar-refractivity contribution is 5.98. The van der Waals surface area contributed by atoms with Gasteiger partial charge in [0.15, 0.2) is 0 Å². The second kappa shape index (κ2) is 7.11. The van der Waals surface area contributed by atoms with Crippen molar-refractivity contribution < 1.29 is 32.7 Å². The van der Waals surface area contributed by atoms with E-state index in [1.807, 2.05) is 0 Å². The number of aliphatic carboxylic acids is 1. The van der Waals surface area contributed by atoms with E-state index in [9.17, 15) is 27.6 Å². The first-order valence-corrected chi connectivity index (χ1v) is 5.88. The minimum absolute atomic E-state index is 0.137. The zero-order chi connectivity index (χ0) is 16.0. The van der Waals surface area contributed by atoms with Gasteiger partial charge in [-0.2, -0.15) is 13.2 Å². The van der Waals surface area contributed by atoms with Gasteiger partial charge in [0.05, 0.1) is 0 Å². The average molecular weight is 298 g/mol. The minimum Gasteiger partial charge on any atom is -0.480 e. The van der Waals surface area contributed by atoms with Crippen molar-refractivity contribution in [2.45, 2.75) is 44.8 Å². The van der Waals surface area contributed by atoms with Crippen LogP contribution in [-0.2, 0) is 14.4 Å². The van der Waals surface area contributed by atoms with Crippen molar-refractivity contribution in [3.63, 3.8) is 0 Å². The monoisotopic (exact) mass is 298 g/mol. The third-order valence-electron chi connectivity index (χ3n) is 2.44. The summed E-state index contributed by atoms with van der Waals surface area (Å²) >= 11 is 0. The van der Waals surface area contributed by atoms with Crippen LogP contribution < -0.4 is 10.6 Å². The molecule has 0 aromatic rings. The minimum atomic E-state index is -4.57. The number of hydrogen-bond acceptors (Lipinski definition) is 3. The van der Waals surface area contributed by atoms with Gasteiger partial charge in [-0.3, -0.25) is 9.59 Å². The smallest absolute Gasteiger partial charge is 0.405 e. The van der Waals surface area contributed by atoms with Crippen LogP contribution in [0.15, 0.2) is 0 Å². The molecule has 20 heavy (non-hydrogen) atoms. The van der Waals surface area contributed by atoms with Gasteiger partial charge in [0.1, 0.15) is 18.5 Å². The number of alkyl halides is 3. The molecule has 9 heteroatoms. The first-order valence-electron chi connectivity index (χ1n) is 5.88. The van der Waals surface area contributed by atoms with E-state index in [4.69, 9.17) is 5.11 Å². The van der Waals surface area contributed by atoms with Crippen molar-refractivity contribution in [3.8, 4) is 0 Å². The lowest BCUT2D eigenvalue weighted by atomic mass is 9.96. The topological polar surface area (TPSA) is 95.5 Å². The predicted octanol–water partition coefficient (Wildman–Crippen LogP) is 0.815. The van der Waals surface area contributed by atoms with Crippen LogP contribution in [-0.4, -0.2) is 41.2 Å². The Labute approximate surface area is 113 Å². The van der Waals surface area contributed by atoms with Gasteiger partial charge in [-0.25, -0.2) is 4.79 Å². The summed E-state index contributed by atoms with van der Waals surface area (Å²) in [5, 5.41) is 12.7. The van der Waals surface area contributed by atoms with Gasteiger partial charge in [0, 0.05) is 0 Å². The Bertz CT molecular complexity index is 384. The molecule has 116 valence electrons. The van der Waals surface area contributed by atoms with E-state index in [1.54, 1.807) is 6.92 Å². The molecule has 0 heterocycles. The molecule has 0 fully saturated rings. The Morgan fingerprint density at radius 2 is 1.70 bits per heavy atom. The summed E-state index contributed by atoms with van der Waals surface area (Å²) in [6, 6.07) is 0. The summed E-state index contributed by atoms with van der Waals surface area (Å²) in [7, 11) is 0. The van der Waals surface area contributed by atoms with E-state index >= 15 is 0 Å². The molecular weight excluding hydrogens is 281 g/mol. The molecular formula is C11H17F3N2O4. The summed E-state index contributed by atoms with van der Waals surface area (Å²) in [6.07, 6.45) is -4.81. The lowest BCUT2D eigenvalue weighted by Gasteiger charge is -2.25. The highest BCUT2D eigenvalue weighted by Crippen LogP contribution is 2.13. The second-order valence-corrected chi connectivity index (χ2v) is 4.50. The van der Waals surface area contributed by atoms with Crippen LogP contribution in [0.3, 0.4) is 0 Å². The maximum absolute atomic E-state index is 11.8. The summed E-state index contributed by atoms with van der Waals surface area (Å²) < 4.78 is 35.5. The average Bonchev–Trinajstić information content (AvgIpc) is 2.25. The van der Waals surface area contributed by atoms with Crippen molar-refractivity contribution in [1.82, 2.24) is 10.6 Å². The number of halogens is 3. The number of rotatable bonds is 7. The van der Waals surface area contributed by atoms with Gasteiger partial charge in [0.2, 0.25) is 11.8 Å². The Kier molecular flexibility index (Phi) is 6.47. The molecule has 0 aliphatic carbocycles. The maximum Gasteiger partial charge on any atom is 0.405 e.